The molecule has 44 heavy (non-hydrogen) atoms. The van der Waals surface area contributed by atoms with Crippen molar-refractivity contribution in [2.24, 2.45) is 23.7 Å². The Balaban J connectivity index is 2.65. The fourth-order valence-electron chi connectivity index (χ4n) is 5.20. The molecule has 0 radical (unpaired) electrons. The number of ketones is 1. The van der Waals surface area contributed by atoms with Crippen molar-refractivity contribution in [3.8, 4) is 5.75 Å². The number of ether oxygens (including phenoxy) is 4. The Bertz CT molecular complexity index is 882. The van der Waals surface area contributed by atoms with Crippen molar-refractivity contribution < 1.29 is 23.7 Å². The average molecular weight is 615 g/mol. The fourth-order valence-corrected chi connectivity index (χ4v) is 5.20. The summed E-state index contributed by atoms with van der Waals surface area (Å²) >= 11 is 0. The minimum Gasteiger partial charge on any atom is -0.491 e. The van der Waals surface area contributed by atoms with Gasteiger partial charge in [0, 0.05) is 12.7 Å². The number of methoxy groups -OCH3 is 1. The number of hydrogen-bond donors (Lipinski definition) is 0. The largest absolute Gasteiger partial charge is 0.491 e. The number of allylic oxidation sites excluding steroid dienone is 4. The molecular weight excluding hydrogens is 548 g/mol. The Hall–Kier alpha value is -1.95. The van der Waals surface area contributed by atoms with Crippen molar-refractivity contribution in [1.29, 1.82) is 0 Å². The molecule has 5 nitrogen and oxygen atoms in total. The standard InChI is InChI=1S/C39H66O5/c1-30(2)14-10-16-32(5)18-12-20-34(7)28-43-39(38(40)36-22-24-37(25-23-36)42-27-26-41-9)44-29-35(8)21-13-19-33(6)17-11-15-31(3)4/h14-15,22-25,32-35,39H,10-13,16-21,26-29H2,1-9H3. The van der Waals surface area contributed by atoms with Crippen molar-refractivity contribution in [2.75, 3.05) is 33.5 Å². The summed E-state index contributed by atoms with van der Waals surface area (Å²) in [7, 11) is 1.65. The maximum absolute atomic E-state index is 13.5. The van der Waals surface area contributed by atoms with E-state index >= 15 is 0 Å². The van der Waals surface area contributed by atoms with E-state index in [1.807, 2.05) is 12.1 Å². The third-order valence-electron chi connectivity index (χ3n) is 8.19. The van der Waals surface area contributed by atoms with E-state index in [4.69, 9.17) is 18.9 Å². The van der Waals surface area contributed by atoms with E-state index in [0.717, 1.165) is 37.5 Å². The third-order valence-corrected chi connectivity index (χ3v) is 8.19. The monoisotopic (exact) mass is 614 g/mol. The maximum atomic E-state index is 13.5. The van der Waals surface area contributed by atoms with E-state index in [0.29, 0.717) is 49.6 Å². The van der Waals surface area contributed by atoms with E-state index in [2.05, 4.69) is 67.5 Å². The van der Waals surface area contributed by atoms with E-state index in [1.165, 1.54) is 49.7 Å². The summed E-state index contributed by atoms with van der Waals surface area (Å²) in [6.45, 7) is 19.8. The van der Waals surface area contributed by atoms with Crippen molar-refractivity contribution in [3.63, 3.8) is 0 Å². The molecule has 0 aliphatic heterocycles. The lowest BCUT2D eigenvalue weighted by Gasteiger charge is -2.22. The van der Waals surface area contributed by atoms with E-state index in [1.54, 1.807) is 19.2 Å². The molecular formula is C39H66O5. The van der Waals surface area contributed by atoms with Gasteiger partial charge >= 0.3 is 0 Å². The van der Waals surface area contributed by atoms with E-state index in [-0.39, 0.29) is 5.78 Å². The van der Waals surface area contributed by atoms with Crippen molar-refractivity contribution >= 4 is 5.78 Å². The predicted molar refractivity (Wildman–Crippen MR) is 186 cm³/mol. The normalized spacial score (nSPS) is 14.8. The molecule has 0 bridgehead atoms. The van der Waals surface area contributed by atoms with Gasteiger partial charge in [0.25, 0.3) is 0 Å². The summed E-state index contributed by atoms with van der Waals surface area (Å²) in [6, 6.07) is 7.24. The highest BCUT2D eigenvalue weighted by atomic mass is 16.7. The second-order valence-electron chi connectivity index (χ2n) is 13.7. The molecule has 0 aromatic heterocycles. The number of Topliss-reactive ketones (excluding diaryl/α,β-unsaturated/α-hetero) is 1. The quantitative estimate of drug-likeness (QED) is 0.0450. The smallest absolute Gasteiger partial charge is 0.222 e. The lowest BCUT2D eigenvalue weighted by Crippen LogP contribution is -2.31. The molecule has 0 saturated heterocycles. The molecule has 1 rings (SSSR count). The van der Waals surface area contributed by atoms with Crippen LogP contribution in [0.25, 0.3) is 0 Å². The van der Waals surface area contributed by atoms with Crippen molar-refractivity contribution in [2.45, 2.75) is 126 Å². The van der Waals surface area contributed by atoms with Crippen molar-refractivity contribution in [3.05, 3.63) is 53.1 Å². The van der Waals surface area contributed by atoms with Gasteiger partial charge in [0.2, 0.25) is 12.1 Å². The molecule has 252 valence electrons. The van der Waals surface area contributed by atoms with Gasteiger partial charge in [-0.3, -0.25) is 4.79 Å². The Morgan fingerprint density at radius 1 is 0.659 bits per heavy atom. The molecule has 0 heterocycles. The zero-order valence-electron chi connectivity index (χ0n) is 29.8. The molecule has 1 aromatic carbocycles. The van der Waals surface area contributed by atoms with Gasteiger partial charge in [-0.05, 0) is 114 Å². The first kappa shape index (κ1) is 40.1. The van der Waals surface area contributed by atoms with Crippen LogP contribution in [0.2, 0.25) is 0 Å². The van der Waals surface area contributed by atoms with Crippen LogP contribution in [-0.4, -0.2) is 45.6 Å². The highest BCUT2D eigenvalue weighted by Crippen LogP contribution is 2.21. The molecule has 1 aromatic rings. The number of carbonyl (C=O) groups excluding carboxylic acids is 1. The number of carbonyl (C=O) groups is 1. The first-order valence-corrected chi connectivity index (χ1v) is 17.3. The lowest BCUT2D eigenvalue weighted by atomic mass is 9.95. The molecule has 4 atom stereocenters. The summed E-state index contributed by atoms with van der Waals surface area (Å²) in [4.78, 5) is 13.5. The van der Waals surface area contributed by atoms with Crippen LogP contribution in [0.4, 0.5) is 0 Å². The van der Waals surface area contributed by atoms with Crippen LogP contribution in [-0.2, 0) is 14.2 Å². The molecule has 0 aliphatic rings. The summed E-state index contributed by atoms with van der Waals surface area (Å²) in [5, 5.41) is 0. The molecule has 0 N–H and O–H groups in total. The van der Waals surface area contributed by atoms with Gasteiger partial charge in [0.1, 0.15) is 12.4 Å². The summed E-state index contributed by atoms with van der Waals surface area (Å²) < 4.78 is 23.1. The molecule has 5 heteroatoms. The van der Waals surface area contributed by atoms with Crippen LogP contribution in [0.3, 0.4) is 0 Å². The van der Waals surface area contributed by atoms with Crippen LogP contribution in [0.15, 0.2) is 47.6 Å². The molecule has 0 saturated carbocycles. The first-order valence-electron chi connectivity index (χ1n) is 17.3. The maximum Gasteiger partial charge on any atom is 0.222 e. The summed E-state index contributed by atoms with van der Waals surface area (Å²) in [6.07, 6.45) is 15.6. The molecule has 0 spiro atoms. The van der Waals surface area contributed by atoms with Crippen LogP contribution in [0.1, 0.15) is 130 Å². The lowest BCUT2D eigenvalue weighted by molar-refractivity contribution is -0.128. The highest BCUT2D eigenvalue weighted by Gasteiger charge is 2.24. The Morgan fingerprint density at radius 3 is 1.55 bits per heavy atom. The number of rotatable bonds is 26. The SMILES string of the molecule is COCCOc1ccc(C(=O)C(OCC(C)CCCC(C)CCC=C(C)C)OCC(C)CCCC(C)CCC=C(C)C)cc1. The van der Waals surface area contributed by atoms with Crippen LogP contribution >= 0.6 is 0 Å². The first-order chi connectivity index (χ1) is 21.0. The van der Waals surface area contributed by atoms with Crippen LogP contribution in [0, 0.1) is 23.7 Å². The molecule has 0 aliphatic carbocycles. The minimum atomic E-state index is -0.897. The fraction of sp³-hybridized carbons (Fsp3) is 0.718. The van der Waals surface area contributed by atoms with Gasteiger partial charge in [-0.15, -0.1) is 0 Å². The predicted octanol–water partition coefficient (Wildman–Crippen LogP) is 10.6. The van der Waals surface area contributed by atoms with Crippen LogP contribution in [0.5, 0.6) is 5.75 Å². The van der Waals surface area contributed by atoms with E-state index < -0.39 is 6.29 Å². The second-order valence-corrected chi connectivity index (χ2v) is 13.7. The van der Waals surface area contributed by atoms with Gasteiger partial charge in [0.15, 0.2) is 0 Å². The van der Waals surface area contributed by atoms with Crippen LogP contribution < -0.4 is 4.74 Å². The average Bonchev–Trinajstić information content (AvgIpc) is 2.97. The Labute approximate surface area is 271 Å². The topological polar surface area (TPSA) is 54.0 Å². The summed E-state index contributed by atoms with van der Waals surface area (Å²) in [5.74, 6) is 2.75. The Kier molecular flexibility index (Phi) is 22.1. The summed E-state index contributed by atoms with van der Waals surface area (Å²) in [5.41, 5.74) is 3.37. The van der Waals surface area contributed by atoms with Gasteiger partial charge < -0.3 is 18.9 Å². The highest BCUT2D eigenvalue weighted by molar-refractivity contribution is 5.98. The number of benzene rings is 1. The van der Waals surface area contributed by atoms with Gasteiger partial charge in [-0.25, -0.2) is 0 Å². The van der Waals surface area contributed by atoms with Gasteiger partial charge in [0.05, 0.1) is 19.8 Å². The second kappa shape index (κ2) is 24.3. The minimum absolute atomic E-state index is 0.131. The third kappa shape index (κ3) is 20.2. The molecule has 4 unspecified atom stereocenters. The van der Waals surface area contributed by atoms with Gasteiger partial charge in [-0.1, -0.05) is 76.7 Å². The molecule has 0 amide bonds. The Morgan fingerprint density at radius 2 is 1.11 bits per heavy atom. The zero-order valence-corrected chi connectivity index (χ0v) is 29.8. The molecule has 0 fully saturated rings. The number of hydrogen-bond acceptors (Lipinski definition) is 5. The van der Waals surface area contributed by atoms with Gasteiger partial charge in [-0.2, -0.15) is 0 Å². The zero-order chi connectivity index (χ0) is 32.7. The van der Waals surface area contributed by atoms with Crippen molar-refractivity contribution in [1.82, 2.24) is 0 Å². The van der Waals surface area contributed by atoms with E-state index in [9.17, 15) is 4.79 Å².